The number of hydrogen-bond acceptors (Lipinski definition) is 3. The van der Waals surface area contributed by atoms with Gasteiger partial charge >= 0.3 is 0 Å². The molecule has 1 aliphatic heterocycles. The SMILES string of the molecule is CCCC[C@H](c1cc(Cl)ccc1O)N1CCNCC1.Cl.Cl. The molecule has 0 aliphatic carbocycles. The van der Waals surface area contributed by atoms with Crippen LogP contribution in [-0.2, 0) is 0 Å². The van der Waals surface area contributed by atoms with Crippen LogP contribution in [0.4, 0.5) is 0 Å². The number of halogens is 3. The highest BCUT2D eigenvalue weighted by atomic mass is 35.5. The second kappa shape index (κ2) is 10.5. The van der Waals surface area contributed by atoms with Gasteiger partial charge in [0.15, 0.2) is 0 Å². The second-order valence-electron chi connectivity index (χ2n) is 5.15. The van der Waals surface area contributed by atoms with Gasteiger partial charge in [0.1, 0.15) is 5.75 Å². The first kappa shape index (κ1) is 20.8. The molecule has 0 aromatic heterocycles. The molecule has 0 unspecified atom stereocenters. The van der Waals surface area contributed by atoms with E-state index in [1.807, 2.05) is 6.07 Å². The van der Waals surface area contributed by atoms with Crippen molar-refractivity contribution >= 4 is 36.4 Å². The molecule has 0 bridgehead atoms. The summed E-state index contributed by atoms with van der Waals surface area (Å²) in [6.45, 7) is 6.29. The standard InChI is InChI=1S/C15H23ClN2O.2ClH/c1-2-3-4-14(18-9-7-17-8-10-18)13-11-12(16)5-6-15(13)19;;/h5-6,11,14,17,19H,2-4,7-10H2,1H3;2*1H/t14-;;/m1../s1. The summed E-state index contributed by atoms with van der Waals surface area (Å²) in [6.07, 6.45) is 3.41. The van der Waals surface area contributed by atoms with Gasteiger partial charge in [0.2, 0.25) is 0 Å². The number of hydrogen-bond donors (Lipinski definition) is 2. The minimum Gasteiger partial charge on any atom is -0.508 e. The summed E-state index contributed by atoms with van der Waals surface area (Å²) in [5, 5.41) is 14.2. The number of nitrogens with one attached hydrogen (secondary N) is 1. The van der Waals surface area contributed by atoms with Crippen LogP contribution < -0.4 is 5.32 Å². The molecule has 3 nitrogen and oxygen atoms in total. The van der Waals surface area contributed by atoms with Gasteiger partial charge in [-0.1, -0.05) is 31.4 Å². The van der Waals surface area contributed by atoms with Gasteiger partial charge in [0, 0.05) is 42.8 Å². The first-order chi connectivity index (χ1) is 9.22. The zero-order valence-electron chi connectivity index (χ0n) is 12.3. The molecule has 1 atom stereocenters. The first-order valence-electron chi connectivity index (χ1n) is 7.15. The van der Waals surface area contributed by atoms with Crippen molar-refractivity contribution in [3.05, 3.63) is 28.8 Å². The van der Waals surface area contributed by atoms with Crippen molar-refractivity contribution in [1.82, 2.24) is 10.2 Å². The molecule has 1 fully saturated rings. The third-order valence-corrected chi connectivity index (χ3v) is 4.01. The summed E-state index contributed by atoms with van der Waals surface area (Å²) in [5.74, 6) is 0.365. The summed E-state index contributed by atoms with van der Waals surface area (Å²) in [7, 11) is 0. The van der Waals surface area contributed by atoms with Crippen LogP contribution >= 0.6 is 36.4 Å². The molecule has 2 N–H and O–H groups in total. The van der Waals surface area contributed by atoms with E-state index in [0.29, 0.717) is 10.8 Å². The Balaban J connectivity index is 0.00000200. The highest BCUT2D eigenvalue weighted by molar-refractivity contribution is 6.30. The Kier molecular flexibility index (Phi) is 10.4. The average molecular weight is 356 g/mol. The number of benzene rings is 1. The van der Waals surface area contributed by atoms with Crippen molar-refractivity contribution in [1.29, 1.82) is 0 Å². The molecule has 0 saturated carbocycles. The van der Waals surface area contributed by atoms with Gasteiger partial charge < -0.3 is 10.4 Å². The number of nitrogens with zero attached hydrogens (tertiary/aromatic N) is 1. The lowest BCUT2D eigenvalue weighted by molar-refractivity contribution is 0.160. The normalized spacial score (nSPS) is 16.7. The van der Waals surface area contributed by atoms with Crippen LogP contribution in [0.3, 0.4) is 0 Å². The fraction of sp³-hybridized carbons (Fsp3) is 0.600. The van der Waals surface area contributed by atoms with Crippen molar-refractivity contribution in [3.8, 4) is 5.75 Å². The van der Waals surface area contributed by atoms with E-state index in [4.69, 9.17) is 11.6 Å². The minimum absolute atomic E-state index is 0. The lowest BCUT2D eigenvalue weighted by Crippen LogP contribution is -2.45. The monoisotopic (exact) mass is 354 g/mol. The predicted octanol–water partition coefficient (Wildman–Crippen LogP) is 4.03. The molecule has 6 heteroatoms. The van der Waals surface area contributed by atoms with Gasteiger partial charge in [-0.05, 0) is 24.6 Å². The van der Waals surface area contributed by atoms with E-state index in [0.717, 1.165) is 38.2 Å². The van der Waals surface area contributed by atoms with Crippen LogP contribution in [0, 0.1) is 0 Å². The molecule has 1 saturated heterocycles. The van der Waals surface area contributed by atoms with Crippen molar-refractivity contribution in [2.75, 3.05) is 26.2 Å². The largest absolute Gasteiger partial charge is 0.508 e. The van der Waals surface area contributed by atoms with Gasteiger partial charge in [0.05, 0.1) is 0 Å². The predicted molar refractivity (Wildman–Crippen MR) is 94.3 cm³/mol. The van der Waals surface area contributed by atoms with Crippen molar-refractivity contribution in [3.63, 3.8) is 0 Å². The van der Waals surface area contributed by atoms with E-state index in [1.165, 1.54) is 12.8 Å². The van der Waals surface area contributed by atoms with Crippen molar-refractivity contribution in [2.45, 2.75) is 32.2 Å². The number of rotatable bonds is 5. The van der Waals surface area contributed by atoms with E-state index in [9.17, 15) is 5.11 Å². The Morgan fingerprint density at radius 3 is 2.57 bits per heavy atom. The number of phenols is 1. The highest BCUT2D eigenvalue weighted by Gasteiger charge is 2.24. The summed E-state index contributed by atoms with van der Waals surface area (Å²) in [5.41, 5.74) is 0.975. The van der Waals surface area contributed by atoms with Gasteiger partial charge in [-0.15, -0.1) is 24.8 Å². The van der Waals surface area contributed by atoms with E-state index < -0.39 is 0 Å². The molecule has 0 spiro atoms. The zero-order chi connectivity index (χ0) is 13.7. The Morgan fingerprint density at radius 1 is 1.29 bits per heavy atom. The van der Waals surface area contributed by atoms with Crippen LogP contribution in [0.15, 0.2) is 18.2 Å². The lowest BCUT2D eigenvalue weighted by atomic mass is 9.98. The maximum Gasteiger partial charge on any atom is 0.120 e. The quantitative estimate of drug-likeness (QED) is 0.837. The summed E-state index contributed by atoms with van der Waals surface area (Å²) >= 11 is 6.09. The van der Waals surface area contributed by atoms with Crippen LogP contribution in [0.2, 0.25) is 5.02 Å². The third-order valence-electron chi connectivity index (χ3n) is 3.77. The topological polar surface area (TPSA) is 35.5 Å². The number of unbranched alkanes of at least 4 members (excludes halogenated alkanes) is 1. The fourth-order valence-corrected chi connectivity index (χ4v) is 2.90. The molecular formula is C15H25Cl3N2O. The van der Waals surface area contributed by atoms with Gasteiger partial charge in [0.25, 0.3) is 0 Å². The number of aromatic hydroxyl groups is 1. The van der Waals surface area contributed by atoms with Gasteiger partial charge in [-0.25, -0.2) is 0 Å². The molecular weight excluding hydrogens is 331 g/mol. The highest BCUT2D eigenvalue weighted by Crippen LogP contribution is 2.34. The molecule has 1 aromatic rings. The molecule has 21 heavy (non-hydrogen) atoms. The van der Waals surface area contributed by atoms with Crippen LogP contribution in [0.25, 0.3) is 0 Å². The molecule has 122 valence electrons. The van der Waals surface area contributed by atoms with E-state index >= 15 is 0 Å². The Bertz CT molecular complexity index is 412. The summed E-state index contributed by atoms with van der Waals surface area (Å²) < 4.78 is 0. The van der Waals surface area contributed by atoms with Crippen LogP contribution in [-0.4, -0.2) is 36.2 Å². The van der Waals surface area contributed by atoms with E-state index in [1.54, 1.807) is 12.1 Å². The zero-order valence-corrected chi connectivity index (χ0v) is 14.7. The third kappa shape index (κ3) is 5.84. The molecule has 0 radical (unpaired) electrons. The van der Waals surface area contributed by atoms with Gasteiger partial charge in [-0.2, -0.15) is 0 Å². The molecule has 0 amide bonds. The summed E-state index contributed by atoms with van der Waals surface area (Å²) in [4.78, 5) is 2.46. The smallest absolute Gasteiger partial charge is 0.120 e. The maximum absolute atomic E-state index is 10.1. The van der Waals surface area contributed by atoms with Crippen LogP contribution in [0.5, 0.6) is 5.75 Å². The van der Waals surface area contributed by atoms with Gasteiger partial charge in [-0.3, -0.25) is 4.90 Å². The number of phenolic OH excluding ortho intramolecular Hbond substituents is 1. The molecule has 1 heterocycles. The van der Waals surface area contributed by atoms with Crippen LogP contribution in [0.1, 0.15) is 37.8 Å². The molecule has 1 aromatic carbocycles. The Hall–Kier alpha value is -0.190. The van der Waals surface area contributed by atoms with Crippen molar-refractivity contribution in [2.24, 2.45) is 0 Å². The maximum atomic E-state index is 10.1. The lowest BCUT2D eigenvalue weighted by Gasteiger charge is -2.35. The second-order valence-corrected chi connectivity index (χ2v) is 5.58. The minimum atomic E-state index is 0. The molecule has 2 rings (SSSR count). The van der Waals surface area contributed by atoms with E-state index in [-0.39, 0.29) is 30.9 Å². The Labute approximate surface area is 144 Å². The first-order valence-corrected chi connectivity index (χ1v) is 7.53. The summed E-state index contributed by atoms with van der Waals surface area (Å²) in [6, 6.07) is 5.65. The van der Waals surface area contributed by atoms with E-state index in [2.05, 4.69) is 17.1 Å². The average Bonchev–Trinajstić information content (AvgIpc) is 2.44. The Morgan fingerprint density at radius 2 is 1.95 bits per heavy atom. The fourth-order valence-electron chi connectivity index (χ4n) is 2.72. The number of piperazine rings is 1. The molecule has 1 aliphatic rings. The van der Waals surface area contributed by atoms with Crippen molar-refractivity contribution < 1.29 is 5.11 Å².